The van der Waals surface area contributed by atoms with E-state index >= 15 is 0 Å². The molecule has 5 nitrogen and oxygen atoms in total. The van der Waals surface area contributed by atoms with Gasteiger partial charge in [-0.15, -0.1) is 0 Å². The molecule has 3 N–H and O–H groups in total. The Bertz CT molecular complexity index is 345. The lowest BCUT2D eigenvalue weighted by Gasteiger charge is -2.53. The van der Waals surface area contributed by atoms with Gasteiger partial charge in [0.25, 0.3) is 0 Å². The van der Waals surface area contributed by atoms with Gasteiger partial charge in [-0.3, -0.25) is 0 Å². The van der Waals surface area contributed by atoms with E-state index in [2.05, 4.69) is 19.2 Å². The van der Waals surface area contributed by atoms with Gasteiger partial charge in [-0.1, -0.05) is 13.8 Å². The highest BCUT2D eigenvalue weighted by Gasteiger charge is 2.52. The number of carbonyl (C=O) groups excluding carboxylic acids is 1. The van der Waals surface area contributed by atoms with Gasteiger partial charge in [0.1, 0.15) is 6.10 Å². The number of aliphatic hydroxyl groups is 2. The molecule has 1 spiro atoms. The quantitative estimate of drug-likeness (QED) is 0.686. The Morgan fingerprint density at radius 2 is 1.65 bits per heavy atom. The van der Waals surface area contributed by atoms with Crippen molar-refractivity contribution in [1.29, 1.82) is 0 Å². The average molecular weight is 285 g/mol. The average Bonchev–Trinajstić information content (AvgIpc) is 2.36. The number of rotatable bonds is 1. The third kappa shape index (κ3) is 2.93. The summed E-state index contributed by atoms with van der Waals surface area (Å²) >= 11 is 0. The molecule has 0 aliphatic heterocycles. The Morgan fingerprint density at radius 1 is 1.15 bits per heavy atom. The molecule has 0 radical (unpaired) electrons. The molecule has 0 aromatic carbocycles. The molecule has 116 valence electrons. The molecule has 0 aromatic rings. The maximum Gasteiger partial charge on any atom is 0.407 e. The van der Waals surface area contributed by atoms with Gasteiger partial charge in [0, 0.05) is 12.5 Å². The van der Waals surface area contributed by atoms with E-state index in [-0.39, 0.29) is 11.5 Å². The lowest BCUT2D eigenvalue weighted by Crippen LogP contribution is -2.55. The smallest absolute Gasteiger partial charge is 0.407 e. The number of hydrogen-bond donors (Lipinski definition) is 3. The van der Waals surface area contributed by atoms with E-state index < -0.39 is 23.7 Å². The van der Waals surface area contributed by atoms with Crippen molar-refractivity contribution >= 4 is 6.09 Å². The number of aliphatic hydroxyl groups excluding tert-OH is 2. The monoisotopic (exact) mass is 285 g/mol. The number of carbonyl (C=O) groups is 1. The van der Waals surface area contributed by atoms with Gasteiger partial charge >= 0.3 is 6.09 Å². The zero-order valence-electron chi connectivity index (χ0n) is 12.7. The van der Waals surface area contributed by atoms with Crippen LogP contribution < -0.4 is 5.32 Å². The Kier molecular flexibility index (Phi) is 4.30. The van der Waals surface area contributed by atoms with Crippen LogP contribution in [0.15, 0.2) is 0 Å². The van der Waals surface area contributed by atoms with Crippen molar-refractivity contribution in [1.82, 2.24) is 5.32 Å². The van der Waals surface area contributed by atoms with Gasteiger partial charge in [-0.2, -0.15) is 0 Å². The molecule has 2 aliphatic rings. The first-order valence-corrected chi connectivity index (χ1v) is 7.53. The molecule has 0 bridgehead atoms. The van der Waals surface area contributed by atoms with Crippen LogP contribution in [0.2, 0.25) is 0 Å². The first kappa shape index (κ1) is 15.6. The normalized spacial score (nSPS) is 40.4. The van der Waals surface area contributed by atoms with E-state index in [0.717, 1.165) is 12.8 Å². The van der Waals surface area contributed by atoms with Gasteiger partial charge in [0.05, 0.1) is 12.2 Å². The Balaban J connectivity index is 1.99. The van der Waals surface area contributed by atoms with Crippen LogP contribution in [0, 0.1) is 10.8 Å². The van der Waals surface area contributed by atoms with Crippen molar-refractivity contribution in [2.24, 2.45) is 10.8 Å². The van der Waals surface area contributed by atoms with Gasteiger partial charge in [-0.05, 0) is 43.9 Å². The Hall–Kier alpha value is -0.810. The summed E-state index contributed by atoms with van der Waals surface area (Å²) in [6.45, 7) is 4.18. The SMILES string of the molecule is CNC(=O)OC1CCC2(CC1)C(O)CC(C)(C)CC2O. The third-order valence-electron chi connectivity index (χ3n) is 5.16. The first-order valence-electron chi connectivity index (χ1n) is 7.53. The van der Waals surface area contributed by atoms with E-state index in [1.165, 1.54) is 0 Å². The summed E-state index contributed by atoms with van der Waals surface area (Å²) in [7, 11) is 1.55. The van der Waals surface area contributed by atoms with Crippen molar-refractivity contribution in [3.63, 3.8) is 0 Å². The van der Waals surface area contributed by atoms with Gasteiger partial charge < -0.3 is 20.3 Å². The van der Waals surface area contributed by atoms with Gasteiger partial charge in [0.2, 0.25) is 0 Å². The zero-order valence-corrected chi connectivity index (χ0v) is 12.7. The van der Waals surface area contributed by atoms with Crippen molar-refractivity contribution in [2.75, 3.05) is 7.05 Å². The second kappa shape index (κ2) is 5.53. The number of ether oxygens (including phenoxy) is 1. The molecule has 2 unspecified atom stereocenters. The molecule has 5 heteroatoms. The van der Waals surface area contributed by atoms with E-state index in [1.807, 2.05) is 0 Å². The zero-order chi connectivity index (χ0) is 15.0. The molecule has 2 atom stereocenters. The van der Waals surface area contributed by atoms with Crippen LogP contribution >= 0.6 is 0 Å². The molecule has 2 fully saturated rings. The summed E-state index contributed by atoms with van der Waals surface area (Å²) in [6, 6.07) is 0. The maximum absolute atomic E-state index is 11.2. The fraction of sp³-hybridized carbons (Fsp3) is 0.933. The molecule has 2 saturated carbocycles. The molecular weight excluding hydrogens is 258 g/mol. The highest BCUT2D eigenvalue weighted by molar-refractivity contribution is 5.66. The summed E-state index contributed by atoms with van der Waals surface area (Å²) in [4.78, 5) is 11.2. The summed E-state index contributed by atoms with van der Waals surface area (Å²) < 4.78 is 5.27. The van der Waals surface area contributed by atoms with Crippen LogP contribution in [-0.2, 0) is 4.74 Å². The van der Waals surface area contributed by atoms with Crippen molar-refractivity contribution < 1.29 is 19.7 Å². The van der Waals surface area contributed by atoms with Crippen molar-refractivity contribution in [3.05, 3.63) is 0 Å². The topological polar surface area (TPSA) is 78.8 Å². The van der Waals surface area contributed by atoms with Crippen LogP contribution in [0.3, 0.4) is 0 Å². The van der Waals surface area contributed by atoms with E-state index in [1.54, 1.807) is 7.05 Å². The summed E-state index contributed by atoms with van der Waals surface area (Å²) in [6.07, 6.45) is 2.86. The fourth-order valence-corrected chi connectivity index (χ4v) is 3.88. The third-order valence-corrected chi connectivity index (χ3v) is 5.16. The van der Waals surface area contributed by atoms with E-state index in [9.17, 15) is 15.0 Å². The first-order chi connectivity index (χ1) is 9.29. The number of hydrogen-bond acceptors (Lipinski definition) is 4. The lowest BCUT2D eigenvalue weighted by atomic mass is 9.56. The Morgan fingerprint density at radius 3 is 2.10 bits per heavy atom. The highest BCUT2D eigenvalue weighted by atomic mass is 16.6. The molecule has 20 heavy (non-hydrogen) atoms. The van der Waals surface area contributed by atoms with Gasteiger partial charge in [-0.25, -0.2) is 4.79 Å². The minimum absolute atomic E-state index is 0.0144. The Labute approximate surface area is 120 Å². The highest BCUT2D eigenvalue weighted by Crippen LogP contribution is 2.52. The summed E-state index contributed by atoms with van der Waals surface area (Å²) in [5, 5.41) is 23.5. The number of amides is 1. The van der Waals surface area contributed by atoms with E-state index in [4.69, 9.17) is 4.74 Å². The summed E-state index contributed by atoms with van der Waals surface area (Å²) in [5.41, 5.74) is -0.419. The predicted molar refractivity (Wildman–Crippen MR) is 75.3 cm³/mol. The van der Waals surface area contributed by atoms with Crippen LogP contribution in [-0.4, -0.2) is 41.7 Å². The minimum atomic E-state index is -0.470. The molecule has 0 heterocycles. The molecule has 2 rings (SSSR count). The largest absolute Gasteiger partial charge is 0.446 e. The number of nitrogens with one attached hydrogen (secondary N) is 1. The van der Waals surface area contributed by atoms with Crippen LogP contribution in [0.25, 0.3) is 0 Å². The van der Waals surface area contributed by atoms with Crippen molar-refractivity contribution in [3.8, 4) is 0 Å². The number of alkyl carbamates (subject to hydrolysis) is 1. The second-order valence-corrected chi connectivity index (χ2v) is 7.19. The van der Waals surface area contributed by atoms with Crippen LogP contribution in [0.5, 0.6) is 0 Å². The van der Waals surface area contributed by atoms with Gasteiger partial charge in [0.15, 0.2) is 0 Å². The fourth-order valence-electron chi connectivity index (χ4n) is 3.88. The predicted octanol–water partition coefficient (Wildman–Crippen LogP) is 1.81. The minimum Gasteiger partial charge on any atom is -0.446 e. The summed E-state index contributed by atoms with van der Waals surface area (Å²) in [5.74, 6) is 0. The second-order valence-electron chi connectivity index (χ2n) is 7.19. The van der Waals surface area contributed by atoms with E-state index in [0.29, 0.717) is 25.7 Å². The molecule has 1 amide bonds. The standard InChI is InChI=1S/C15H27NO4/c1-14(2)8-11(17)15(12(18)9-14)6-4-10(5-7-15)20-13(19)16-3/h10-12,17-18H,4-9H2,1-3H3,(H,16,19). The molecular formula is C15H27NO4. The van der Waals surface area contributed by atoms with Crippen molar-refractivity contribution in [2.45, 2.75) is 70.7 Å². The lowest BCUT2D eigenvalue weighted by molar-refractivity contribution is -0.159. The molecule has 0 aromatic heterocycles. The molecule has 2 aliphatic carbocycles. The maximum atomic E-state index is 11.2. The van der Waals surface area contributed by atoms with Crippen LogP contribution in [0.1, 0.15) is 52.4 Å². The van der Waals surface area contributed by atoms with Crippen LogP contribution in [0.4, 0.5) is 4.79 Å². The molecule has 0 saturated heterocycles.